The average Bonchev–Trinajstić information content (AvgIpc) is 3.33. The SMILES string of the molecule is O=C(CCN1C(=O)c2ccccc2C1=O)NCc1cccnc1OC1CCCC1. The second kappa shape index (κ2) is 8.43. The summed E-state index contributed by atoms with van der Waals surface area (Å²) in [6.45, 7) is 0.341. The van der Waals surface area contributed by atoms with Crippen molar-refractivity contribution < 1.29 is 19.1 Å². The number of benzene rings is 1. The highest BCUT2D eigenvalue weighted by atomic mass is 16.5. The van der Waals surface area contributed by atoms with Crippen LogP contribution in [0.5, 0.6) is 5.88 Å². The van der Waals surface area contributed by atoms with Crippen LogP contribution < -0.4 is 10.1 Å². The number of ether oxygens (including phenoxy) is 1. The number of carbonyl (C=O) groups is 3. The first-order valence-electron chi connectivity index (χ1n) is 9.96. The number of hydrogen-bond donors (Lipinski definition) is 1. The van der Waals surface area contributed by atoms with E-state index in [2.05, 4.69) is 10.3 Å². The van der Waals surface area contributed by atoms with Gasteiger partial charge in [0, 0.05) is 31.3 Å². The van der Waals surface area contributed by atoms with Crippen LogP contribution >= 0.6 is 0 Å². The fourth-order valence-electron chi connectivity index (χ4n) is 3.77. The molecule has 0 radical (unpaired) electrons. The Morgan fingerprint density at radius 1 is 1.07 bits per heavy atom. The van der Waals surface area contributed by atoms with Gasteiger partial charge in [-0.3, -0.25) is 19.3 Å². The third kappa shape index (κ3) is 4.13. The van der Waals surface area contributed by atoms with Gasteiger partial charge < -0.3 is 10.1 Å². The van der Waals surface area contributed by atoms with Crippen LogP contribution in [0.1, 0.15) is 58.4 Å². The zero-order valence-corrected chi connectivity index (χ0v) is 16.1. The topological polar surface area (TPSA) is 88.6 Å². The second-order valence-corrected chi connectivity index (χ2v) is 7.33. The van der Waals surface area contributed by atoms with E-state index in [0.717, 1.165) is 23.3 Å². The number of fused-ring (bicyclic) bond motifs is 1. The number of carbonyl (C=O) groups excluding carboxylic acids is 3. The fraction of sp³-hybridized carbons (Fsp3) is 0.364. The molecule has 1 aliphatic heterocycles. The lowest BCUT2D eigenvalue weighted by Crippen LogP contribution is -2.34. The number of rotatable bonds is 7. The quantitative estimate of drug-likeness (QED) is 0.731. The summed E-state index contributed by atoms with van der Waals surface area (Å²) in [7, 11) is 0. The first-order chi connectivity index (χ1) is 14.1. The van der Waals surface area contributed by atoms with Crippen LogP contribution in [0.2, 0.25) is 0 Å². The minimum atomic E-state index is -0.349. The Morgan fingerprint density at radius 3 is 2.45 bits per heavy atom. The summed E-state index contributed by atoms with van der Waals surface area (Å²) < 4.78 is 5.98. The molecular weight excluding hydrogens is 370 g/mol. The fourth-order valence-corrected chi connectivity index (χ4v) is 3.77. The lowest BCUT2D eigenvalue weighted by Gasteiger charge is -2.16. The molecule has 7 heteroatoms. The molecule has 0 atom stereocenters. The molecule has 7 nitrogen and oxygen atoms in total. The second-order valence-electron chi connectivity index (χ2n) is 7.33. The summed E-state index contributed by atoms with van der Waals surface area (Å²) >= 11 is 0. The maximum Gasteiger partial charge on any atom is 0.261 e. The van der Waals surface area contributed by atoms with E-state index in [1.807, 2.05) is 12.1 Å². The van der Waals surface area contributed by atoms with Crippen LogP contribution in [0.25, 0.3) is 0 Å². The van der Waals surface area contributed by atoms with E-state index in [1.54, 1.807) is 30.5 Å². The lowest BCUT2D eigenvalue weighted by molar-refractivity contribution is -0.121. The van der Waals surface area contributed by atoms with E-state index < -0.39 is 0 Å². The Labute approximate surface area is 169 Å². The van der Waals surface area contributed by atoms with Crippen molar-refractivity contribution in [1.29, 1.82) is 0 Å². The van der Waals surface area contributed by atoms with Crippen LogP contribution in [0.15, 0.2) is 42.6 Å². The Hall–Kier alpha value is -3.22. The summed E-state index contributed by atoms with van der Waals surface area (Å²) in [5.41, 5.74) is 1.59. The van der Waals surface area contributed by atoms with Crippen LogP contribution in [-0.2, 0) is 11.3 Å². The largest absolute Gasteiger partial charge is 0.474 e. The number of amides is 3. The maximum absolute atomic E-state index is 12.4. The highest BCUT2D eigenvalue weighted by molar-refractivity contribution is 6.21. The van der Waals surface area contributed by atoms with Crippen LogP contribution in [0.3, 0.4) is 0 Å². The van der Waals surface area contributed by atoms with Gasteiger partial charge in [0.05, 0.1) is 11.1 Å². The van der Waals surface area contributed by atoms with Gasteiger partial charge in [-0.05, 0) is 43.9 Å². The third-order valence-electron chi connectivity index (χ3n) is 5.35. The zero-order chi connectivity index (χ0) is 20.2. The lowest BCUT2D eigenvalue weighted by atomic mass is 10.1. The molecule has 0 spiro atoms. The summed E-state index contributed by atoms with van der Waals surface area (Å²) in [6, 6.07) is 10.4. The van der Waals surface area contributed by atoms with Crippen molar-refractivity contribution >= 4 is 17.7 Å². The number of aromatic nitrogens is 1. The van der Waals surface area contributed by atoms with Crippen molar-refractivity contribution in [3.05, 3.63) is 59.3 Å². The van der Waals surface area contributed by atoms with Gasteiger partial charge >= 0.3 is 0 Å². The van der Waals surface area contributed by atoms with Gasteiger partial charge in [-0.15, -0.1) is 0 Å². The van der Waals surface area contributed by atoms with E-state index in [9.17, 15) is 14.4 Å². The summed E-state index contributed by atoms with van der Waals surface area (Å²) in [5, 5.41) is 2.83. The Balaban J connectivity index is 1.30. The molecule has 2 aliphatic rings. The predicted octanol–water partition coefficient (Wildman–Crippen LogP) is 2.71. The zero-order valence-electron chi connectivity index (χ0n) is 16.1. The van der Waals surface area contributed by atoms with E-state index >= 15 is 0 Å². The molecule has 1 saturated carbocycles. The molecule has 1 N–H and O–H groups in total. The number of nitrogens with one attached hydrogen (secondary N) is 1. The van der Waals surface area contributed by atoms with Crippen LogP contribution in [-0.4, -0.2) is 40.3 Å². The number of pyridine rings is 1. The van der Waals surface area contributed by atoms with Gasteiger partial charge in [-0.2, -0.15) is 0 Å². The van der Waals surface area contributed by atoms with Gasteiger partial charge in [0.1, 0.15) is 6.10 Å². The van der Waals surface area contributed by atoms with E-state index in [-0.39, 0.29) is 43.3 Å². The molecule has 150 valence electrons. The van der Waals surface area contributed by atoms with Crippen molar-refractivity contribution in [3.8, 4) is 5.88 Å². The molecule has 1 aromatic heterocycles. The van der Waals surface area contributed by atoms with Gasteiger partial charge in [0.2, 0.25) is 11.8 Å². The summed E-state index contributed by atoms with van der Waals surface area (Å²) in [4.78, 5) is 42.4. The molecule has 29 heavy (non-hydrogen) atoms. The van der Waals surface area contributed by atoms with Crippen molar-refractivity contribution in [1.82, 2.24) is 15.2 Å². The standard InChI is InChI=1S/C22H23N3O4/c26-19(11-13-25-21(27)17-9-3-4-10-18(17)22(25)28)24-14-15-6-5-12-23-20(15)29-16-7-1-2-8-16/h3-6,9-10,12,16H,1-2,7-8,11,13-14H2,(H,24,26). The molecule has 0 saturated heterocycles. The Morgan fingerprint density at radius 2 is 1.76 bits per heavy atom. The average molecular weight is 393 g/mol. The van der Waals surface area contributed by atoms with Crippen molar-refractivity contribution in [2.75, 3.05) is 6.54 Å². The first kappa shape index (κ1) is 19.1. The monoisotopic (exact) mass is 393 g/mol. The molecule has 2 aromatic rings. The van der Waals surface area contributed by atoms with Crippen molar-refractivity contribution in [2.45, 2.75) is 44.8 Å². The minimum Gasteiger partial charge on any atom is -0.474 e. The smallest absolute Gasteiger partial charge is 0.261 e. The highest BCUT2D eigenvalue weighted by Crippen LogP contribution is 2.25. The number of nitrogens with zero attached hydrogens (tertiary/aromatic N) is 2. The molecule has 2 heterocycles. The van der Waals surface area contributed by atoms with E-state index in [0.29, 0.717) is 17.0 Å². The molecule has 0 unspecified atom stereocenters. The number of imide groups is 1. The molecule has 1 fully saturated rings. The van der Waals surface area contributed by atoms with Gasteiger partial charge in [-0.25, -0.2) is 4.98 Å². The molecule has 0 bridgehead atoms. The molecule has 1 aliphatic carbocycles. The molecular formula is C22H23N3O4. The minimum absolute atomic E-state index is 0.0462. The van der Waals surface area contributed by atoms with Gasteiger partial charge in [-0.1, -0.05) is 18.2 Å². The van der Waals surface area contributed by atoms with Gasteiger partial charge in [0.25, 0.3) is 11.8 Å². The van der Waals surface area contributed by atoms with Crippen LogP contribution in [0, 0.1) is 0 Å². The van der Waals surface area contributed by atoms with Crippen molar-refractivity contribution in [2.24, 2.45) is 0 Å². The normalized spacial score (nSPS) is 16.2. The first-order valence-corrected chi connectivity index (χ1v) is 9.96. The Bertz CT molecular complexity index is 902. The number of hydrogen-bond acceptors (Lipinski definition) is 5. The third-order valence-corrected chi connectivity index (χ3v) is 5.35. The van der Waals surface area contributed by atoms with Crippen LogP contribution in [0.4, 0.5) is 0 Å². The predicted molar refractivity (Wildman–Crippen MR) is 105 cm³/mol. The Kier molecular flexibility index (Phi) is 5.55. The van der Waals surface area contributed by atoms with Crippen molar-refractivity contribution in [3.63, 3.8) is 0 Å². The summed E-state index contributed by atoms with van der Waals surface area (Å²) in [6.07, 6.45) is 6.31. The molecule has 3 amide bonds. The van der Waals surface area contributed by atoms with E-state index in [4.69, 9.17) is 4.74 Å². The molecule has 1 aromatic carbocycles. The van der Waals surface area contributed by atoms with Gasteiger partial charge in [0.15, 0.2) is 0 Å². The molecule has 4 rings (SSSR count). The van der Waals surface area contributed by atoms with E-state index in [1.165, 1.54) is 12.8 Å². The maximum atomic E-state index is 12.4. The summed E-state index contributed by atoms with van der Waals surface area (Å²) in [5.74, 6) is -0.381. The highest BCUT2D eigenvalue weighted by Gasteiger charge is 2.34.